The first-order valence-electron chi connectivity index (χ1n) is 2.13. The zero-order valence-electron chi connectivity index (χ0n) is 4.18. The summed E-state index contributed by atoms with van der Waals surface area (Å²) in [4.78, 5) is 9.55. The van der Waals surface area contributed by atoms with Gasteiger partial charge in [-0.05, 0) is 6.04 Å². The molecule has 0 amide bonds. The summed E-state index contributed by atoms with van der Waals surface area (Å²) in [5.74, 6) is 0. The smallest absolute Gasteiger partial charge is 0.450 e. The predicted molar refractivity (Wildman–Crippen MR) is 28.7 cm³/mol. The van der Waals surface area contributed by atoms with Crippen LogP contribution < -0.4 is 0 Å². The van der Waals surface area contributed by atoms with Gasteiger partial charge in [-0.3, -0.25) is 0 Å². The van der Waals surface area contributed by atoms with Crippen LogP contribution in [0.1, 0.15) is 0 Å². The molecule has 0 atom stereocenters. The number of ether oxygens (including phenoxy) is 1. The molecular weight excluding hydrogens is 112 g/mol. The van der Waals surface area contributed by atoms with E-state index in [0.29, 0.717) is 6.61 Å². The molecule has 0 aliphatic carbocycles. The zero-order valence-corrected chi connectivity index (χ0v) is 6.18. The lowest BCUT2D eigenvalue weighted by Gasteiger charge is -1.91. The SMILES string of the molecule is O=C(O)OCC[SiH3]. The van der Waals surface area contributed by atoms with Crippen molar-refractivity contribution in [2.24, 2.45) is 0 Å². The zero-order chi connectivity index (χ0) is 5.70. The third-order valence-corrected chi connectivity index (χ3v) is 0.838. The molecule has 0 aliphatic rings. The van der Waals surface area contributed by atoms with Gasteiger partial charge in [0.15, 0.2) is 0 Å². The van der Waals surface area contributed by atoms with Crippen LogP contribution in [-0.2, 0) is 4.74 Å². The monoisotopic (exact) mass is 120 g/mol. The molecule has 0 aromatic heterocycles. The fourth-order valence-electron chi connectivity index (χ4n) is 0.189. The molecule has 0 rings (SSSR count). The molecule has 7 heavy (non-hydrogen) atoms. The van der Waals surface area contributed by atoms with Gasteiger partial charge in [-0.25, -0.2) is 4.79 Å². The quantitative estimate of drug-likeness (QED) is 0.393. The molecule has 0 saturated heterocycles. The Morgan fingerprint density at radius 1 is 1.86 bits per heavy atom. The molecule has 0 saturated carbocycles. The lowest BCUT2D eigenvalue weighted by atomic mass is 10.9. The molecule has 0 radical (unpaired) electrons. The number of hydrogen-bond donors (Lipinski definition) is 1. The van der Waals surface area contributed by atoms with Crippen LogP contribution in [0.4, 0.5) is 4.79 Å². The van der Waals surface area contributed by atoms with E-state index in [2.05, 4.69) is 4.74 Å². The Balaban J connectivity index is 2.82. The van der Waals surface area contributed by atoms with Crippen molar-refractivity contribution in [2.75, 3.05) is 6.61 Å². The van der Waals surface area contributed by atoms with E-state index in [1.54, 1.807) is 0 Å². The molecule has 0 spiro atoms. The Morgan fingerprint density at radius 2 is 2.43 bits per heavy atom. The molecular formula is C3H8O3Si. The van der Waals surface area contributed by atoms with E-state index < -0.39 is 6.16 Å². The van der Waals surface area contributed by atoms with Gasteiger partial charge < -0.3 is 9.84 Å². The van der Waals surface area contributed by atoms with E-state index in [1.807, 2.05) is 0 Å². The molecule has 0 heterocycles. The Kier molecular flexibility index (Phi) is 3.40. The fourth-order valence-corrected chi connectivity index (χ4v) is 0.393. The highest BCUT2D eigenvalue weighted by Crippen LogP contribution is 1.76. The Hall–Kier alpha value is -0.513. The first-order valence-corrected chi connectivity index (χ1v) is 3.54. The average molecular weight is 120 g/mol. The van der Waals surface area contributed by atoms with Gasteiger partial charge in [-0.2, -0.15) is 0 Å². The van der Waals surface area contributed by atoms with Crippen LogP contribution in [0.3, 0.4) is 0 Å². The molecule has 0 fully saturated rings. The molecule has 0 bridgehead atoms. The van der Waals surface area contributed by atoms with E-state index in [1.165, 1.54) is 0 Å². The number of rotatable bonds is 2. The van der Waals surface area contributed by atoms with E-state index in [9.17, 15) is 4.79 Å². The van der Waals surface area contributed by atoms with Crippen LogP contribution in [0, 0.1) is 0 Å². The van der Waals surface area contributed by atoms with Crippen molar-refractivity contribution >= 4 is 16.4 Å². The van der Waals surface area contributed by atoms with Crippen LogP contribution in [0.15, 0.2) is 0 Å². The highest BCUT2D eigenvalue weighted by molar-refractivity contribution is 6.08. The van der Waals surface area contributed by atoms with Crippen molar-refractivity contribution in [3.05, 3.63) is 0 Å². The van der Waals surface area contributed by atoms with Crippen molar-refractivity contribution in [1.29, 1.82) is 0 Å². The van der Waals surface area contributed by atoms with Crippen molar-refractivity contribution in [3.8, 4) is 0 Å². The summed E-state index contributed by atoms with van der Waals surface area (Å²) in [6, 6.07) is 0.881. The summed E-state index contributed by atoms with van der Waals surface area (Å²) in [6.07, 6.45) is -1.17. The molecule has 0 unspecified atom stereocenters. The summed E-state index contributed by atoms with van der Waals surface area (Å²) < 4.78 is 4.14. The van der Waals surface area contributed by atoms with Crippen molar-refractivity contribution in [2.45, 2.75) is 6.04 Å². The Bertz CT molecular complexity index is 63.2. The van der Waals surface area contributed by atoms with Crippen molar-refractivity contribution in [3.63, 3.8) is 0 Å². The van der Waals surface area contributed by atoms with Crippen molar-refractivity contribution in [1.82, 2.24) is 0 Å². The van der Waals surface area contributed by atoms with E-state index in [4.69, 9.17) is 5.11 Å². The van der Waals surface area contributed by atoms with Gasteiger partial charge >= 0.3 is 6.16 Å². The van der Waals surface area contributed by atoms with Gasteiger partial charge in [0.05, 0.1) is 6.61 Å². The second kappa shape index (κ2) is 3.67. The first kappa shape index (κ1) is 6.49. The largest absolute Gasteiger partial charge is 0.505 e. The standard InChI is InChI=1S/C3H8O3Si/c4-3(5)6-1-2-7/h1-2H2,7H3,(H,4,5). The average Bonchev–Trinajstić information content (AvgIpc) is 1.61. The van der Waals surface area contributed by atoms with Gasteiger partial charge in [0.2, 0.25) is 0 Å². The van der Waals surface area contributed by atoms with Gasteiger partial charge in [0.1, 0.15) is 0 Å². The van der Waals surface area contributed by atoms with Crippen LogP contribution in [0.5, 0.6) is 0 Å². The molecule has 42 valence electrons. The molecule has 1 N–H and O–H groups in total. The molecule has 0 aliphatic heterocycles. The second-order valence-corrected chi connectivity index (χ2v) is 2.11. The predicted octanol–water partition coefficient (Wildman–Crippen LogP) is -0.535. The van der Waals surface area contributed by atoms with Crippen molar-refractivity contribution < 1.29 is 14.6 Å². The summed E-state index contributed by atoms with van der Waals surface area (Å²) in [7, 11) is 1.01. The molecule has 0 aromatic rings. The first-order chi connectivity index (χ1) is 3.27. The van der Waals surface area contributed by atoms with E-state index in [-0.39, 0.29) is 0 Å². The maximum Gasteiger partial charge on any atom is 0.505 e. The van der Waals surface area contributed by atoms with Crippen LogP contribution in [-0.4, -0.2) is 28.1 Å². The summed E-state index contributed by atoms with van der Waals surface area (Å²) in [5, 5.41) is 7.84. The fraction of sp³-hybridized carbons (Fsp3) is 0.667. The van der Waals surface area contributed by atoms with Crippen LogP contribution in [0.2, 0.25) is 6.04 Å². The van der Waals surface area contributed by atoms with Crippen LogP contribution in [0.25, 0.3) is 0 Å². The highest BCUT2D eigenvalue weighted by Gasteiger charge is 1.89. The minimum Gasteiger partial charge on any atom is -0.450 e. The normalized spacial score (nSPS) is 8.57. The third-order valence-electron chi connectivity index (χ3n) is 0.430. The third kappa shape index (κ3) is 5.49. The summed E-state index contributed by atoms with van der Waals surface area (Å²) in [5.41, 5.74) is 0. The van der Waals surface area contributed by atoms with Gasteiger partial charge in [0, 0.05) is 10.2 Å². The highest BCUT2D eigenvalue weighted by atomic mass is 28.1. The van der Waals surface area contributed by atoms with Gasteiger partial charge in [-0.15, -0.1) is 0 Å². The number of hydrogen-bond acceptors (Lipinski definition) is 2. The Morgan fingerprint density at radius 3 is 2.57 bits per heavy atom. The van der Waals surface area contributed by atoms with Gasteiger partial charge in [-0.1, -0.05) is 0 Å². The lowest BCUT2D eigenvalue weighted by Crippen LogP contribution is -2.00. The number of carbonyl (C=O) groups is 1. The van der Waals surface area contributed by atoms with Crippen LogP contribution >= 0.6 is 0 Å². The van der Waals surface area contributed by atoms with Gasteiger partial charge in [0.25, 0.3) is 0 Å². The maximum atomic E-state index is 9.55. The van der Waals surface area contributed by atoms with E-state index >= 15 is 0 Å². The minimum atomic E-state index is -1.17. The maximum absolute atomic E-state index is 9.55. The molecule has 3 nitrogen and oxygen atoms in total. The molecule has 0 aromatic carbocycles. The second-order valence-electron chi connectivity index (χ2n) is 1.11. The minimum absolute atomic E-state index is 0.363. The molecule has 4 heteroatoms. The van der Waals surface area contributed by atoms with E-state index in [0.717, 1.165) is 16.3 Å². The topological polar surface area (TPSA) is 46.5 Å². The number of carboxylic acid groups (broad SMARTS) is 1. The summed E-state index contributed by atoms with van der Waals surface area (Å²) >= 11 is 0. The Labute approximate surface area is 44.7 Å². The summed E-state index contributed by atoms with van der Waals surface area (Å²) in [6.45, 7) is 0.363. The lowest BCUT2D eigenvalue weighted by molar-refractivity contribution is 0.0967.